The van der Waals surface area contributed by atoms with Crippen molar-refractivity contribution in [2.24, 2.45) is 0 Å². The summed E-state index contributed by atoms with van der Waals surface area (Å²) in [5, 5.41) is 11.5. The molecule has 0 spiro atoms. The Morgan fingerprint density at radius 3 is 2.48 bits per heavy atom. The summed E-state index contributed by atoms with van der Waals surface area (Å²) in [5.41, 5.74) is 0.784. The number of aliphatic hydroxyl groups is 1. The fourth-order valence-electron chi connectivity index (χ4n) is 4.53. The number of β-amino-alcohol motifs (C(OH)–C–C–N with tert-alkyl or cyclic N) is 1. The van der Waals surface area contributed by atoms with Crippen LogP contribution in [-0.4, -0.2) is 108 Å². The highest BCUT2D eigenvalue weighted by molar-refractivity contribution is 6.42. The third-order valence-corrected chi connectivity index (χ3v) is 7.37. The average molecular weight is 495 g/mol. The van der Waals surface area contributed by atoms with Crippen molar-refractivity contribution in [1.29, 1.82) is 0 Å². The standard InChI is InChI=1S/C24H32Cl2N4O3/c25-21-5-1-18(15-22(21)26)2-6-23(32)29-8-7-24(33)30(14-13-29)17-20(31)16-27-9-11-28(12-10-27)19-3-4-19/h1-2,5-6,15,19-20,31H,3-4,7-14,16-17H2. The Morgan fingerprint density at radius 2 is 1.79 bits per heavy atom. The number of hydrogen-bond donors (Lipinski definition) is 1. The van der Waals surface area contributed by atoms with Crippen LogP contribution in [0.2, 0.25) is 10.0 Å². The van der Waals surface area contributed by atoms with Crippen molar-refractivity contribution in [2.75, 3.05) is 58.9 Å². The van der Waals surface area contributed by atoms with Crippen LogP contribution in [0.15, 0.2) is 24.3 Å². The van der Waals surface area contributed by atoms with Crippen molar-refractivity contribution in [1.82, 2.24) is 19.6 Å². The lowest BCUT2D eigenvalue weighted by Crippen LogP contribution is -2.51. The normalized spacial score (nSPS) is 22.1. The number of hydrogen-bond acceptors (Lipinski definition) is 5. The highest BCUT2D eigenvalue weighted by Crippen LogP contribution is 2.27. The van der Waals surface area contributed by atoms with Crippen LogP contribution in [0.5, 0.6) is 0 Å². The molecule has 1 aromatic rings. The second-order valence-electron chi connectivity index (χ2n) is 9.14. The Hall–Kier alpha value is -1.64. The maximum absolute atomic E-state index is 12.6. The minimum absolute atomic E-state index is 0.0173. The first-order valence-corrected chi connectivity index (χ1v) is 12.5. The van der Waals surface area contributed by atoms with Gasteiger partial charge in [-0.3, -0.25) is 19.4 Å². The maximum Gasteiger partial charge on any atom is 0.246 e. The van der Waals surface area contributed by atoms with E-state index in [9.17, 15) is 14.7 Å². The van der Waals surface area contributed by atoms with E-state index >= 15 is 0 Å². The SMILES string of the molecule is O=C(C=Cc1ccc(Cl)c(Cl)c1)N1CCC(=O)N(CC(O)CN2CCN(C3CC3)CC2)CC1. The summed E-state index contributed by atoms with van der Waals surface area (Å²) in [6.45, 7) is 6.20. The number of rotatable bonds is 7. The van der Waals surface area contributed by atoms with Crippen LogP contribution in [-0.2, 0) is 9.59 Å². The minimum atomic E-state index is -0.585. The number of carbonyl (C=O) groups excluding carboxylic acids is 2. The lowest BCUT2D eigenvalue weighted by molar-refractivity contribution is -0.132. The van der Waals surface area contributed by atoms with Gasteiger partial charge in [-0.1, -0.05) is 29.3 Å². The van der Waals surface area contributed by atoms with Gasteiger partial charge in [0, 0.05) is 77.4 Å². The van der Waals surface area contributed by atoms with Gasteiger partial charge in [-0.15, -0.1) is 0 Å². The number of aliphatic hydroxyl groups excluding tert-OH is 1. The Labute approximate surface area is 205 Å². The van der Waals surface area contributed by atoms with Crippen LogP contribution in [0.3, 0.4) is 0 Å². The molecule has 7 nitrogen and oxygen atoms in total. The molecule has 4 rings (SSSR count). The van der Waals surface area contributed by atoms with Crippen LogP contribution >= 0.6 is 23.2 Å². The molecule has 1 saturated carbocycles. The number of piperazine rings is 1. The third-order valence-electron chi connectivity index (χ3n) is 6.63. The van der Waals surface area contributed by atoms with E-state index in [0.29, 0.717) is 42.8 Å². The summed E-state index contributed by atoms with van der Waals surface area (Å²) >= 11 is 12.0. The molecule has 1 atom stereocenters. The van der Waals surface area contributed by atoms with E-state index in [1.807, 2.05) is 0 Å². The number of benzene rings is 1. The van der Waals surface area contributed by atoms with E-state index in [1.165, 1.54) is 18.9 Å². The first-order valence-electron chi connectivity index (χ1n) is 11.7. The average Bonchev–Trinajstić information content (AvgIpc) is 3.65. The zero-order valence-corrected chi connectivity index (χ0v) is 20.3. The van der Waals surface area contributed by atoms with Gasteiger partial charge in [-0.25, -0.2) is 0 Å². The fourth-order valence-corrected chi connectivity index (χ4v) is 4.84. The molecule has 3 aliphatic rings. The van der Waals surface area contributed by atoms with Crippen molar-refractivity contribution in [3.63, 3.8) is 0 Å². The quantitative estimate of drug-likeness (QED) is 0.588. The lowest BCUT2D eigenvalue weighted by Gasteiger charge is -2.36. The van der Waals surface area contributed by atoms with Crippen molar-refractivity contribution < 1.29 is 14.7 Å². The second kappa shape index (κ2) is 11.2. The Kier molecular flexibility index (Phi) is 8.30. The van der Waals surface area contributed by atoms with Crippen LogP contribution in [0.25, 0.3) is 6.08 Å². The minimum Gasteiger partial charge on any atom is -0.390 e. The van der Waals surface area contributed by atoms with Gasteiger partial charge in [-0.05, 0) is 36.6 Å². The molecule has 180 valence electrons. The van der Waals surface area contributed by atoms with Crippen molar-refractivity contribution in [2.45, 2.75) is 31.4 Å². The monoisotopic (exact) mass is 494 g/mol. The molecule has 0 bridgehead atoms. The van der Waals surface area contributed by atoms with E-state index in [1.54, 1.807) is 34.1 Å². The summed E-state index contributed by atoms with van der Waals surface area (Å²) in [4.78, 5) is 33.4. The molecule has 0 aromatic heterocycles. The van der Waals surface area contributed by atoms with E-state index < -0.39 is 6.10 Å². The Morgan fingerprint density at radius 1 is 1.03 bits per heavy atom. The fraction of sp³-hybridized carbons (Fsp3) is 0.583. The van der Waals surface area contributed by atoms with Gasteiger partial charge in [-0.2, -0.15) is 0 Å². The molecule has 1 N–H and O–H groups in total. The molecule has 2 heterocycles. The summed E-state index contributed by atoms with van der Waals surface area (Å²) in [6, 6.07) is 5.97. The van der Waals surface area contributed by atoms with Crippen LogP contribution in [0.4, 0.5) is 0 Å². The second-order valence-corrected chi connectivity index (χ2v) is 9.96. The highest BCUT2D eigenvalue weighted by atomic mass is 35.5. The molecule has 2 aliphatic heterocycles. The number of halogens is 2. The molecule has 2 amide bonds. The van der Waals surface area contributed by atoms with Gasteiger partial charge < -0.3 is 14.9 Å². The van der Waals surface area contributed by atoms with Gasteiger partial charge >= 0.3 is 0 Å². The molecule has 9 heteroatoms. The van der Waals surface area contributed by atoms with Crippen LogP contribution in [0, 0.1) is 0 Å². The zero-order valence-electron chi connectivity index (χ0n) is 18.8. The van der Waals surface area contributed by atoms with Gasteiger partial charge in [0.2, 0.25) is 11.8 Å². The molecule has 3 fully saturated rings. The smallest absolute Gasteiger partial charge is 0.246 e. The largest absolute Gasteiger partial charge is 0.390 e. The summed E-state index contributed by atoms with van der Waals surface area (Å²) in [7, 11) is 0. The molecular weight excluding hydrogens is 463 g/mol. The number of nitrogens with zero attached hydrogens (tertiary/aromatic N) is 4. The van der Waals surface area contributed by atoms with Crippen molar-refractivity contribution in [3.05, 3.63) is 39.9 Å². The zero-order chi connectivity index (χ0) is 23.4. The predicted molar refractivity (Wildman–Crippen MR) is 130 cm³/mol. The summed E-state index contributed by atoms with van der Waals surface area (Å²) < 4.78 is 0. The molecule has 1 unspecified atom stereocenters. The first kappa shape index (κ1) is 24.5. The highest BCUT2D eigenvalue weighted by Gasteiger charge is 2.32. The molecule has 1 aromatic carbocycles. The molecule has 33 heavy (non-hydrogen) atoms. The van der Waals surface area contributed by atoms with Gasteiger partial charge in [0.1, 0.15) is 0 Å². The van der Waals surface area contributed by atoms with E-state index in [2.05, 4.69) is 9.80 Å². The lowest BCUT2D eigenvalue weighted by atomic mass is 10.2. The van der Waals surface area contributed by atoms with Crippen molar-refractivity contribution in [3.8, 4) is 0 Å². The van der Waals surface area contributed by atoms with E-state index in [4.69, 9.17) is 23.2 Å². The van der Waals surface area contributed by atoms with Crippen LogP contribution in [0.1, 0.15) is 24.8 Å². The van der Waals surface area contributed by atoms with E-state index in [0.717, 1.165) is 37.8 Å². The predicted octanol–water partition coefficient (Wildman–Crippen LogP) is 2.21. The molecule has 1 aliphatic carbocycles. The summed E-state index contributed by atoms with van der Waals surface area (Å²) in [5.74, 6) is -0.166. The topological polar surface area (TPSA) is 67.3 Å². The molecule has 2 saturated heterocycles. The number of carbonyl (C=O) groups is 2. The Bertz CT molecular complexity index is 884. The van der Waals surface area contributed by atoms with Crippen molar-refractivity contribution >= 4 is 41.1 Å². The first-order chi connectivity index (χ1) is 15.9. The number of amides is 2. The van der Waals surface area contributed by atoms with Gasteiger partial charge in [0.15, 0.2) is 0 Å². The molecular formula is C24H32Cl2N4O3. The third kappa shape index (κ3) is 6.93. The van der Waals surface area contributed by atoms with E-state index in [-0.39, 0.29) is 18.2 Å². The maximum atomic E-state index is 12.6. The molecule has 0 radical (unpaired) electrons. The summed E-state index contributed by atoms with van der Waals surface area (Å²) in [6.07, 6.45) is 5.52. The van der Waals surface area contributed by atoms with Gasteiger partial charge in [0.05, 0.1) is 16.1 Å². The van der Waals surface area contributed by atoms with Gasteiger partial charge in [0.25, 0.3) is 0 Å². The Balaban J connectivity index is 1.23. The van der Waals surface area contributed by atoms with Crippen LogP contribution < -0.4 is 0 Å².